The number of nitrogens with one attached hydrogen (secondary N) is 1. The number of amidine groups is 1. The molecule has 0 spiro atoms. The SMILES string of the molecule is CS(=O)(=O)C1CSCCN1C(=N)C1CCCC1. The zero-order chi connectivity index (χ0) is 12.5. The molecule has 2 rings (SSSR count). The van der Waals surface area contributed by atoms with Crippen molar-refractivity contribution in [3.63, 3.8) is 0 Å². The van der Waals surface area contributed by atoms with Gasteiger partial charge >= 0.3 is 0 Å². The van der Waals surface area contributed by atoms with Crippen LogP contribution in [0.1, 0.15) is 25.7 Å². The fraction of sp³-hybridized carbons (Fsp3) is 0.909. The Labute approximate surface area is 108 Å². The van der Waals surface area contributed by atoms with Crippen molar-refractivity contribution >= 4 is 27.4 Å². The molecule has 1 heterocycles. The minimum absolute atomic E-state index is 0.294. The van der Waals surface area contributed by atoms with Gasteiger partial charge in [-0.2, -0.15) is 11.8 Å². The number of sulfone groups is 1. The number of rotatable bonds is 2. The summed E-state index contributed by atoms with van der Waals surface area (Å²) < 4.78 is 23.5. The average Bonchev–Trinajstić information content (AvgIpc) is 2.80. The molecule has 0 amide bonds. The highest BCUT2D eigenvalue weighted by Crippen LogP contribution is 2.30. The Kier molecular flexibility index (Phi) is 4.02. The van der Waals surface area contributed by atoms with Crippen LogP contribution in [-0.4, -0.2) is 48.8 Å². The maximum absolute atomic E-state index is 11.8. The fourth-order valence-corrected chi connectivity index (χ4v) is 5.48. The first-order valence-electron chi connectivity index (χ1n) is 6.12. The van der Waals surface area contributed by atoms with Gasteiger partial charge in [-0.1, -0.05) is 12.8 Å². The van der Waals surface area contributed by atoms with E-state index < -0.39 is 15.2 Å². The lowest BCUT2D eigenvalue weighted by Crippen LogP contribution is -2.51. The van der Waals surface area contributed by atoms with Crippen molar-refractivity contribution in [2.24, 2.45) is 5.92 Å². The van der Waals surface area contributed by atoms with Gasteiger partial charge in [0.1, 0.15) is 11.2 Å². The molecule has 1 saturated heterocycles. The minimum Gasteiger partial charge on any atom is -0.342 e. The molecule has 2 fully saturated rings. The lowest BCUT2D eigenvalue weighted by molar-refractivity contribution is 0.383. The molecule has 1 aliphatic heterocycles. The van der Waals surface area contributed by atoms with E-state index in [9.17, 15) is 8.42 Å². The summed E-state index contributed by atoms with van der Waals surface area (Å²) in [5.41, 5.74) is 0. The molecule has 0 bridgehead atoms. The van der Waals surface area contributed by atoms with Crippen molar-refractivity contribution in [2.45, 2.75) is 31.1 Å². The molecule has 4 nitrogen and oxygen atoms in total. The van der Waals surface area contributed by atoms with Crippen LogP contribution in [0.2, 0.25) is 0 Å². The predicted octanol–water partition coefficient (Wildman–Crippen LogP) is 1.57. The molecule has 1 saturated carbocycles. The molecule has 0 aromatic rings. The summed E-state index contributed by atoms with van der Waals surface area (Å²) in [5, 5.41) is 7.77. The van der Waals surface area contributed by atoms with E-state index in [0.29, 0.717) is 24.1 Å². The highest BCUT2D eigenvalue weighted by molar-refractivity contribution is 8.00. The van der Waals surface area contributed by atoms with Gasteiger partial charge in [-0.3, -0.25) is 5.41 Å². The van der Waals surface area contributed by atoms with Crippen LogP contribution in [-0.2, 0) is 9.84 Å². The first-order valence-corrected chi connectivity index (χ1v) is 9.23. The average molecular weight is 276 g/mol. The lowest BCUT2D eigenvalue weighted by Gasteiger charge is -2.37. The summed E-state index contributed by atoms with van der Waals surface area (Å²) in [7, 11) is -3.09. The number of hydrogen-bond acceptors (Lipinski definition) is 4. The van der Waals surface area contributed by atoms with Crippen LogP contribution in [0.25, 0.3) is 0 Å². The Morgan fingerprint density at radius 3 is 2.59 bits per heavy atom. The fourth-order valence-electron chi connectivity index (χ4n) is 2.65. The van der Waals surface area contributed by atoms with E-state index in [1.165, 1.54) is 19.1 Å². The lowest BCUT2D eigenvalue weighted by atomic mass is 10.1. The highest BCUT2D eigenvalue weighted by atomic mass is 32.2. The van der Waals surface area contributed by atoms with E-state index in [0.717, 1.165) is 18.6 Å². The second kappa shape index (κ2) is 5.18. The first-order chi connectivity index (χ1) is 8.00. The third kappa shape index (κ3) is 2.96. The summed E-state index contributed by atoms with van der Waals surface area (Å²) >= 11 is 1.68. The number of hydrogen-bond donors (Lipinski definition) is 1. The molecule has 0 aromatic heterocycles. The smallest absolute Gasteiger partial charge is 0.169 e. The summed E-state index contributed by atoms with van der Waals surface area (Å²) in [6, 6.07) is 0. The Bertz CT molecular complexity index is 388. The maximum Gasteiger partial charge on any atom is 0.169 e. The number of nitrogens with zero attached hydrogens (tertiary/aromatic N) is 1. The van der Waals surface area contributed by atoms with Gasteiger partial charge in [0, 0.05) is 30.2 Å². The Morgan fingerprint density at radius 2 is 2.00 bits per heavy atom. The molecule has 17 heavy (non-hydrogen) atoms. The third-order valence-corrected chi connectivity index (χ3v) is 6.27. The van der Waals surface area contributed by atoms with Crippen LogP contribution in [0.15, 0.2) is 0 Å². The van der Waals surface area contributed by atoms with E-state index >= 15 is 0 Å². The molecule has 2 aliphatic rings. The van der Waals surface area contributed by atoms with Gasteiger partial charge in [-0.25, -0.2) is 8.42 Å². The molecule has 1 aliphatic carbocycles. The van der Waals surface area contributed by atoms with E-state index in [1.807, 2.05) is 4.90 Å². The second-order valence-electron chi connectivity index (χ2n) is 4.92. The van der Waals surface area contributed by atoms with Crippen LogP contribution in [0.3, 0.4) is 0 Å². The van der Waals surface area contributed by atoms with Crippen LogP contribution in [0.4, 0.5) is 0 Å². The molecular weight excluding hydrogens is 256 g/mol. The van der Waals surface area contributed by atoms with Crippen molar-refractivity contribution in [1.82, 2.24) is 4.90 Å². The standard InChI is InChI=1S/C11H20N2O2S2/c1-17(14,15)10-8-16-7-6-13(10)11(12)9-4-2-3-5-9/h9-10,12H,2-8H2,1H3. The Hall–Kier alpha value is -0.230. The normalized spacial score (nSPS) is 27.4. The second-order valence-corrected chi connectivity index (χ2v) is 8.27. The zero-order valence-electron chi connectivity index (χ0n) is 10.2. The van der Waals surface area contributed by atoms with Crippen molar-refractivity contribution in [3.05, 3.63) is 0 Å². The summed E-state index contributed by atoms with van der Waals surface area (Å²) in [6.07, 6.45) is 5.76. The topological polar surface area (TPSA) is 61.2 Å². The molecular formula is C11H20N2O2S2. The predicted molar refractivity (Wildman–Crippen MR) is 72.3 cm³/mol. The first kappa shape index (κ1) is 13.2. The van der Waals surface area contributed by atoms with Crippen molar-refractivity contribution < 1.29 is 8.42 Å². The Morgan fingerprint density at radius 1 is 1.35 bits per heavy atom. The van der Waals surface area contributed by atoms with Gasteiger partial charge in [0.2, 0.25) is 0 Å². The summed E-state index contributed by atoms with van der Waals surface area (Å²) in [6.45, 7) is 0.706. The van der Waals surface area contributed by atoms with E-state index in [-0.39, 0.29) is 0 Å². The molecule has 6 heteroatoms. The molecule has 1 unspecified atom stereocenters. The van der Waals surface area contributed by atoms with E-state index in [1.54, 1.807) is 11.8 Å². The van der Waals surface area contributed by atoms with Crippen LogP contribution >= 0.6 is 11.8 Å². The summed E-state index contributed by atoms with van der Waals surface area (Å²) in [5.74, 6) is 2.40. The molecule has 1 N–H and O–H groups in total. The van der Waals surface area contributed by atoms with E-state index in [4.69, 9.17) is 5.41 Å². The van der Waals surface area contributed by atoms with Crippen LogP contribution < -0.4 is 0 Å². The summed E-state index contributed by atoms with van der Waals surface area (Å²) in [4.78, 5) is 1.84. The highest BCUT2D eigenvalue weighted by Gasteiger charge is 2.35. The van der Waals surface area contributed by atoms with Gasteiger partial charge < -0.3 is 4.90 Å². The van der Waals surface area contributed by atoms with Gasteiger partial charge in [0.25, 0.3) is 0 Å². The van der Waals surface area contributed by atoms with Crippen molar-refractivity contribution in [1.29, 1.82) is 5.41 Å². The van der Waals surface area contributed by atoms with Gasteiger partial charge in [-0.15, -0.1) is 0 Å². The van der Waals surface area contributed by atoms with Crippen LogP contribution in [0, 0.1) is 11.3 Å². The molecule has 98 valence electrons. The zero-order valence-corrected chi connectivity index (χ0v) is 11.8. The third-order valence-electron chi connectivity index (χ3n) is 3.63. The molecule has 0 aromatic carbocycles. The Balaban J connectivity index is 2.13. The van der Waals surface area contributed by atoms with Gasteiger partial charge in [-0.05, 0) is 12.8 Å². The van der Waals surface area contributed by atoms with Gasteiger partial charge in [0.05, 0.1) is 0 Å². The quantitative estimate of drug-likeness (QED) is 0.614. The minimum atomic E-state index is -3.09. The van der Waals surface area contributed by atoms with Crippen LogP contribution in [0.5, 0.6) is 0 Å². The largest absolute Gasteiger partial charge is 0.342 e. The number of thioether (sulfide) groups is 1. The van der Waals surface area contributed by atoms with Crippen molar-refractivity contribution in [3.8, 4) is 0 Å². The maximum atomic E-state index is 11.8. The van der Waals surface area contributed by atoms with Crippen molar-refractivity contribution in [2.75, 3.05) is 24.3 Å². The van der Waals surface area contributed by atoms with Gasteiger partial charge in [0.15, 0.2) is 9.84 Å². The molecule has 1 atom stereocenters. The monoisotopic (exact) mass is 276 g/mol. The van der Waals surface area contributed by atoms with E-state index in [2.05, 4.69) is 0 Å². The molecule has 0 radical (unpaired) electrons.